The van der Waals surface area contributed by atoms with Crippen LogP contribution in [-0.2, 0) is 21.2 Å². The van der Waals surface area contributed by atoms with Crippen LogP contribution in [0.15, 0.2) is 83.8 Å². The van der Waals surface area contributed by atoms with Crippen LogP contribution in [0.3, 0.4) is 0 Å². The molecule has 0 spiro atoms. The molecule has 2 aliphatic heterocycles. The average Bonchev–Trinajstić information content (AvgIpc) is 2.83. The number of hydrogen-bond acceptors (Lipinski definition) is 3. The standard InChI is InChI=1S/C26H26N2O3S/c29-26(27-16-14-21(15-17-27)18-20-8-2-1-3-9-20)19-28-24-12-6-4-10-22(24)23-11-5-7-13-25(23)32(28,30)31/h1-13,21H,14-19H2. The van der Waals surface area contributed by atoms with E-state index in [0.717, 1.165) is 24.8 Å². The summed E-state index contributed by atoms with van der Waals surface area (Å²) in [5.74, 6) is 0.411. The van der Waals surface area contributed by atoms with Crippen LogP contribution in [0.2, 0.25) is 0 Å². The predicted molar refractivity (Wildman–Crippen MR) is 126 cm³/mol. The smallest absolute Gasteiger partial charge is 0.265 e. The highest BCUT2D eigenvalue weighted by Gasteiger charge is 2.36. The number of benzene rings is 3. The lowest BCUT2D eigenvalue weighted by molar-refractivity contribution is -0.130. The molecular formula is C26H26N2O3S. The fourth-order valence-corrected chi connectivity index (χ4v) is 6.45. The zero-order valence-electron chi connectivity index (χ0n) is 17.9. The SMILES string of the molecule is O=C(CN1c2ccccc2-c2ccccc2S1(=O)=O)N1CCC(Cc2ccccc2)CC1. The molecule has 32 heavy (non-hydrogen) atoms. The number of piperidine rings is 1. The summed E-state index contributed by atoms with van der Waals surface area (Å²) in [5.41, 5.74) is 3.42. The van der Waals surface area contributed by atoms with Crippen LogP contribution in [0.5, 0.6) is 0 Å². The van der Waals surface area contributed by atoms with Gasteiger partial charge in [0.1, 0.15) is 6.54 Å². The van der Waals surface area contributed by atoms with Crippen molar-refractivity contribution in [1.82, 2.24) is 4.90 Å². The molecule has 1 fully saturated rings. The highest BCUT2D eigenvalue weighted by atomic mass is 32.2. The van der Waals surface area contributed by atoms with Gasteiger partial charge in [0.25, 0.3) is 10.0 Å². The van der Waals surface area contributed by atoms with E-state index in [2.05, 4.69) is 24.3 Å². The molecular weight excluding hydrogens is 420 g/mol. The second-order valence-electron chi connectivity index (χ2n) is 8.54. The van der Waals surface area contributed by atoms with Crippen LogP contribution in [0, 0.1) is 5.92 Å². The quantitative estimate of drug-likeness (QED) is 0.599. The zero-order valence-corrected chi connectivity index (χ0v) is 18.7. The monoisotopic (exact) mass is 446 g/mol. The van der Waals surface area contributed by atoms with Gasteiger partial charge in [0.15, 0.2) is 0 Å². The van der Waals surface area contributed by atoms with E-state index in [-0.39, 0.29) is 17.3 Å². The van der Waals surface area contributed by atoms with Gasteiger partial charge in [-0.1, -0.05) is 66.7 Å². The maximum Gasteiger partial charge on any atom is 0.265 e. The molecule has 0 atom stereocenters. The van der Waals surface area contributed by atoms with Gasteiger partial charge in [0, 0.05) is 24.2 Å². The normalized spacial score (nSPS) is 17.5. The first-order valence-electron chi connectivity index (χ1n) is 11.1. The fourth-order valence-electron chi connectivity index (χ4n) is 4.81. The van der Waals surface area contributed by atoms with Gasteiger partial charge in [0.2, 0.25) is 5.91 Å². The third-order valence-corrected chi connectivity index (χ3v) is 8.35. The minimum absolute atomic E-state index is 0.138. The molecule has 0 N–H and O–H groups in total. The number of carbonyl (C=O) groups excluding carboxylic acids is 1. The summed E-state index contributed by atoms with van der Waals surface area (Å²) in [4.78, 5) is 15.2. The van der Waals surface area contributed by atoms with Gasteiger partial charge in [-0.25, -0.2) is 8.42 Å². The summed E-state index contributed by atoms with van der Waals surface area (Å²) in [7, 11) is -3.80. The first kappa shape index (κ1) is 20.8. The van der Waals surface area contributed by atoms with Gasteiger partial charge in [-0.15, -0.1) is 0 Å². The maximum atomic E-state index is 13.4. The number of likely N-dealkylation sites (tertiary alicyclic amines) is 1. The molecule has 0 aliphatic carbocycles. The molecule has 3 aromatic carbocycles. The summed E-state index contributed by atoms with van der Waals surface area (Å²) in [6.45, 7) is 1.17. The molecule has 5 nitrogen and oxygen atoms in total. The Bertz CT molecular complexity index is 1230. The van der Waals surface area contributed by atoms with Crippen molar-refractivity contribution in [3.63, 3.8) is 0 Å². The van der Waals surface area contributed by atoms with Gasteiger partial charge < -0.3 is 4.90 Å². The van der Waals surface area contributed by atoms with Crippen LogP contribution >= 0.6 is 0 Å². The third kappa shape index (κ3) is 3.79. The lowest BCUT2D eigenvalue weighted by Crippen LogP contribution is -2.47. The number of hydrogen-bond donors (Lipinski definition) is 0. The topological polar surface area (TPSA) is 57.7 Å². The lowest BCUT2D eigenvalue weighted by Gasteiger charge is -2.36. The molecule has 0 radical (unpaired) electrons. The molecule has 0 bridgehead atoms. The maximum absolute atomic E-state index is 13.4. The molecule has 1 amide bonds. The molecule has 6 heteroatoms. The Morgan fingerprint density at radius 2 is 1.44 bits per heavy atom. The molecule has 1 saturated heterocycles. The van der Waals surface area contributed by atoms with E-state index < -0.39 is 10.0 Å². The number of para-hydroxylation sites is 1. The highest BCUT2D eigenvalue weighted by molar-refractivity contribution is 7.93. The number of sulfonamides is 1. The lowest BCUT2D eigenvalue weighted by atomic mass is 9.90. The number of carbonyl (C=O) groups is 1. The summed E-state index contributed by atoms with van der Waals surface area (Å²) >= 11 is 0. The summed E-state index contributed by atoms with van der Waals surface area (Å²) < 4.78 is 28.1. The van der Waals surface area contributed by atoms with Crippen molar-refractivity contribution in [1.29, 1.82) is 0 Å². The van der Waals surface area contributed by atoms with Gasteiger partial charge in [-0.3, -0.25) is 9.10 Å². The first-order chi connectivity index (χ1) is 15.5. The fraction of sp³-hybridized carbons (Fsp3) is 0.269. The van der Waals surface area contributed by atoms with Crippen molar-refractivity contribution in [2.45, 2.75) is 24.2 Å². The van der Waals surface area contributed by atoms with Crippen LogP contribution in [0.1, 0.15) is 18.4 Å². The molecule has 3 aromatic rings. The number of rotatable bonds is 4. The van der Waals surface area contributed by atoms with Crippen molar-refractivity contribution in [3.05, 3.63) is 84.4 Å². The van der Waals surface area contributed by atoms with E-state index in [0.29, 0.717) is 30.3 Å². The number of amides is 1. The third-order valence-electron chi connectivity index (χ3n) is 6.53. The largest absolute Gasteiger partial charge is 0.341 e. The van der Waals surface area contributed by atoms with Crippen molar-refractivity contribution >= 4 is 21.6 Å². The Kier molecular flexibility index (Phi) is 5.47. The van der Waals surface area contributed by atoms with E-state index in [4.69, 9.17) is 0 Å². The Hall–Kier alpha value is -3.12. The average molecular weight is 447 g/mol. The number of fused-ring (bicyclic) bond motifs is 3. The predicted octanol–water partition coefficient (Wildman–Crippen LogP) is 4.34. The molecule has 5 rings (SSSR count). The molecule has 0 saturated carbocycles. The summed E-state index contributed by atoms with van der Waals surface area (Å²) in [6, 6.07) is 24.8. The van der Waals surface area contributed by atoms with E-state index in [1.54, 1.807) is 18.2 Å². The van der Waals surface area contributed by atoms with E-state index in [1.807, 2.05) is 41.3 Å². The van der Waals surface area contributed by atoms with Gasteiger partial charge >= 0.3 is 0 Å². The zero-order chi connectivity index (χ0) is 22.1. The van der Waals surface area contributed by atoms with Gasteiger partial charge in [0.05, 0.1) is 10.6 Å². The van der Waals surface area contributed by atoms with Gasteiger partial charge in [-0.05, 0) is 42.9 Å². The van der Waals surface area contributed by atoms with Crippen LogP contribution in [-0.4, -0.2) is 38.9 Å². The second kappa shape index (κ2) is 8.43. The first-order valence-corrected chi connectivity index (χ1v) is 12.5. The van der Waals surface area contributed by atoms with E-state index >= 15 is 0 Å². The van der Waals surface area contributed by atoms with Crippen molar-refractivity contribution in [2.24, 2.45) is 5.92 Å². The number of anilines is 1. The molecule has 0 aromatic heterocycles. The Morgan fingerprint density at radius 1 is 0.812 bits per heavy atom. The molecule has 2 heterocycles. The minimum atomic E-state index is -3.80. The Labute approximate surface area is 189 Å². The van der Waals surface area contributed by atoms with E-state index in [1.165, 1.54) is 9.87 Å². The summed E-state index contributed by atoms with van der Waals surface area (Å²) in [6.07, 6.45) is 2.90. The van der Waals surface area contributed by atoms with Crippen LogP contribution < -0.4 is 4.31 Å². The Morgan fingerprint density at radius 3 is 2.19 bits per heavy atom. The highest BCUT2D eigenvalue weighted by Crippen LogP contribution is 2.42. The summed E-state index contributed by atoms with van der Waals surface area (Å²) in [5, 5.41) is 0. The van der Waals surface area contributed by atoms with Crippen LogP contribution in [0.25, 0.3) is 11.1 Å². The Balaban J connectivity index is 1.32. The molecule has 0 unspecified atom stereocenters. The molecule has 164 valence electrons. The van der Waals surface area contributed by atoms with Crippen molar-refractivity contribution in [3.8, 4) is 11.1 Å². The van der Waals surface area contributed by atoms with Crippen molar-refractivity contribution < 1.29 is 13.2 Å². The molecule has 2 aliphatic rings. The van der Waals surface area contributed by atoms with Gasteiger partial charge in [-0.2, -0.15) is 0 Å². The van der Waals surface area contributed by atoms with Crippen molar-refractivity contribution in [2.75, 3.05) is 23.9 Å². The van der Waals surface area contributed by atoms with Crippen LogP contribution in [0.4, 0.5) is 5.69 Å². The second-order valence-corrected chi connectivity index (χ2v) is 10.4. The number of nitrogens with zero attached hydrogens (tertiary/aromatic N) is 2. The minimum Gasteiger partial charge on any atom is -0.341 e. The van der Waals surface area contributed by atoms with E-state index in [9.17, 15) is 13.2 Å².